The maximum atomic E-state index is 12.9. The molecule has 1 atom stereocenters. The summed E-state index contributed by atoms with van der Waals surface area (Å²) in [6.07, 6.45) is 2.86. The summed E-state index contributed by atoms with van der Waals surface area (Å²) in [4.78, 5) is 13.0. The minimum absolute atomic E-state index is 0.0416. The molecule has 1 amide bonds. The summed E-state index contributed by atoms with van der Waals surface area (Å²) >= 11 is 0. The normalized spacial score (nSPS) is 16.8. The average Bonchev–Trinajstić information content (AvgIpc) is 3.31. The van der Waals surface area contributed by atoms with Crippen molar-refractivity contribution in [2.24, 2.45) is 0 Å². The molecule has 2 aliphatic rings. The monoisotopic (exact) mass is 464 g/mol. The molecule has 0 saturated heterocycles. The molecule has 7 nitrogen and oxygen atoms in total. The third-order valence-corrected chi connectivity index (χ3v) is 7.38. The quantitative estimate of drug-likeness (QED) is 0.580. The van der Waals surface area contributed by atoms with Gasteiger partial charge in [0.2, 0.25) is 16.8 Å². The number of hydrogen-bond donors (Lipinski definition) is 2. The van der Waals surface area contributed by atoms with E-state index in [-0.39, 0.29) is 30.2 Å². The Labute approximate surface area is 192 Å². The first kappa shape index (κ1) is 21.5. The van der Waals surface area contributed by atoms with Crippen LogP contribution in [0.1, 0.15) is 45.9 Å². The summed E-state index contributed by atoms with van der Waals surface area (Å²) in [6, 6.07) is 19.4. The first-order chi connectivity index (χ1) is 16.0. The van der Waals surface area contributed by atoms with Gasteiger partial charge in [0.25, 0.3) is 5.91 Å². The van der Waals surface area contributed by atoms with Crippen LogP contribution in [0.2, 0.25) is 0 Å². The van der Waals surface area contributed by atoms with E-state index in [0.717, 1.165) is 30.4 Å². The molecule has 170 valence electrons. The van der Waals surface area contributed by atoms with E-state index in [4.69, 9.17) is 9.47 Å². The second-order valence-electron chi connectivity index (χ2n) is 8.16. The fraction of sp³-hybridized carbons (Fsp3) is 0.240. The number of fused-ring (bicyclic) bond motifs is 2. The molecular weight excluding hydrogens is 440 g/mol. The van der Waals surface area contributed by atoms with Gasteiger partial charge in [-0.3, -0.25) is 4.79 Å². The van der Waals surface area contributed by atoms with Crippen molar-refractivity contribution in [1.29, 1.82) is 0 Å². The molecule has 0 bridgehead atoms. The lowest BCUT2D eigenvalue weighted by Crippen LogP contribution is -2.31. The molecule has 3 aromatic rings. The van der Waals surface area contributed by atoms with Gasteiger partial charge in [-0.1, -0.05) is 36.4 Å². The third kappa shape index (κ3) is 4.58. The van der Waals surface area contributed by atoms with Crippen molar-refractivity contribution in [3.63, 3.8) is 0 Å². The molecular formula is C25H24N2O5S. The lowest BCUT2D eigenvalue weighted by Gasteiger charge is -2.26. The Kier molecular flexibility index (Phi) is 5.78. The number of ether oxygens (including phenoxy) is 2. The van der Waals surface area contributed by atoms with Gasteiger partial charge < -0.3 is 14.8 Å². The van der Waals surface area contributed by atoms with E-state index in [9.17, 15) is 13.2 Å². The molecule has 5 rings (SSSR count). The molecule has 3 aromatic carbocycles. The van der Waals surface area contributed by atoms with Crippen LogP contribution in [0.5, 0.6) is 11.5 Å². The maximum absolute atomic E-state index is 12.9. The van der Waals surface area contributed by atoms with Crippen molar-refractivity contribution in [1.82, 2.24) is 10.0 Å². The highest BCUT2D eigenvalue weighted by Crippen LogP contribution is 2.32. The van der Waals surface area contributed by atoms with Crippen molar-refractivity contribution in [3.8, 4) is 11.5 Å². The minimum Gasteiger partial charge on any atom is -0.454 e. The van der Waals surface area contributed by atoms with Crippen LogP contribution in [0, 0.1) is 0 Å². The zero-order chi connectivity index (χ0) is 22.8. The van der Waals surface area contributed by atoms with E-state index < -0.39 is 10.0 Å². The lowest BCUT2D eigenvalue weighted by atomic mass is 9.87. The molecule has 0 unspecified atom stereocenters. The Morgan fingerprint density at radius 3 is 2.73 bits per heavy atom. The summed E-state index contributed by atoms with van der Waals surface area (Å²) in [5.41, 5.74) is 3.43. The molecule has 2 N–H and O–H groups in total. The summed E-state index contributed by atoms with van der Waals surface area (Å²) in [6.45, 7) is 0.250. The molecule has 0 fully saturated rings. The highest BCUT2D eigenvalue weighted by Gasteiger charge is 2.23. The molecule has 8 heteroatoms. The smallest absolute Gasteiger partial charge is 0.251 e. The number of aryl methyl sites for hydroxylation is 1. The molecule has 1 heterocycles. The molecule has 0 spiro atoms. The Morgan fingerprint density at radius 1 is 0.970 bits per heavy atom. The Morgan fingerprint density at radius 2 is 1.82 bits per heavy atom. The van der Waals surface area contributed by atoms with E-state index >= 15 is 0 Å². The number of carbonyl (C=O) groups excluding carboxylic acids is 1. The third-order valence-electron chi connectivity index (χ3n) is 5.98. The zero-order valence-corrected chi connectivity index (χ0v) is 18.7. The molecule has 33 heavy (non-hydrogen) atoms. The van der Waals surface area contributed by atoms with Crippen LogP contribution in [0.4, 0.5) is 0 Å². The Balaban J connectivity index is 1.29. The average molecular weight is 465 g/mol. The zero-order valence-electron chi connectivity index (χ0n) is 17.9. The van der Waals surface area contributed by atoms with E-state index in [1.165, 1.54) is 17.7 Å². The van der Waals surface area contributed by atoms with E-state index in [1.807, 2.05) is 18.2 Å². The molecule has 1 aliphatic heterocycles. The predicted molar refractivity (Wildman–Crippen MR) is 123 cm³/mol. The van der Waals surface area contributed by atoms with Gasteiger partial charge in [0.05, 0.1) is 10.9 Å². The van der Waals surface area contributed by atoms with Crippen molar-refractivity contribution in [2.75, 3.05) is 6.79 Å². The number of sulfonamides is 1. The van der Waals surface area contributed by atoms with Gasteiger partial charge in [-0.15, -0.1) is 0 Å². The van der Waals surface area contributed by atoms with Gasteiger partial charge in [-0.2, -0.15) is 0 Å². The van der Waals surface area contributed by atoms with Gasteiger partial charge in [0, 0.05) is 12.1 Å². The van der Waals surface area contributed by atoms with Gasteiger partial charge in [0.15, 0.2) is 11.5 Å². The minimum atomic E-state index is -3.81. The van der Waals surface area contributed by atoms with Crippen LogP contribution in [0.15, 0.2) is 71.6 Å². The molecule has 0 radical (unpaired) electrons. The van der Waals surface area contributed by atoms with Gasteiger partial charge >= 0.3 is 0 Å². The highest BCUT2D eigenvalue weighted by atomic mass is 32.2. The van der Waals surface area contributed by atoms with E-state index in [2.05, 4.69) is 16.1 Å². The number of carbonyl (C=O) groups is 1. The molecule has 0 saturated carbocycles. The van der Waals surface area contributed by atoms with Crippen LogP contribution >= 0.6 is 0 Å². The molecule has 1 aliphatic carbocycles. The van der Waals surface area contributed by atoms with Gasteiger partial charge in [0.1, 0.15) is 0 Å². The van der Waals surface area contributed by atoms with Crippen LogP contribution in [-0.2, 0) is 23.0 Å². The maximum Gasteiger partial charge on any atom is 0.251 e. The highest BCUT2D eigenvalue weighted by molar-refractivity contribution is 7.89. The largest absolute Gasteiger partial charge is 0.454 e. The summed E-state index contributed by atoms with van der Waals surface area (Å²) < 4.78 is 38.9. The fourth-order valence-corrected chi connectivity index (χ4v) is 5.33. The number of rotatable bonds is 6. The van der Waals surface area contributed by atoms with Gasteiger partial charge in [-0.25, -0.2) is 13.1 Å². The topological polar surface area (TPSA) is 93.7 Å². The van der Waals surface area contributed by atoms with Crippen LogP contribution in [-0.4, -0.2) is 21.1 Å². The first-order valence-electron chi connectivity index (χ1n) is 10.9. The number of hydrogen-bond acceptors (Lipinski definition) is 5. The van der Waals surface area contributed by atoms with Crippen LogP contribution in [0.25, 0.3) is 0 Å². The summed E-state index contributed by atoms with van der Waals surface area (Å²) in [5, 5.41) is 3.07. The van der Waals surface area contributed by atoms with E-state index in [0.29, 0.717) is 17.1 Å². The molecule has 0 aromatic heterocycles. The van der Waals surface area contributed by atoms with Crippen molar-refractivity contribution >= 4 is 15.9 Å². The number of nitrogens with one attached hydrogen (secondary N) is 2. The number of benzene rings is 3. The van der Waals surface area contributed by atoms with E-state index in [1.54, 1.807) is 30.3 Å². The van der Waals surface area contributed by atoms with Crippen molar-refractivity contribution in [2.45, 2.75) is 36.7 Å². The second-order valence-corrected chi connectivity index (χ2v) is 9.92. The van der Waals surface area contributed by atoms with Crippen LogP contribution in [0.3, 0.4) is 0 Å². The standard InChI is InChI=1S/C25H24N2O5S/c28-25(27-22-10-4-6-18-5-1-2-9-21(18)22)19-7-3-8-20(14-19)33(29,30)26-15-17-11-12-23-24(13-17)32-16-31-23/h1-3,5,7-9,11-14,22,26H,4,6,10,15-16H2,(H,27,28)/t22-/m0/s1. The number of amides is 1. The van der Waals surface area contributed by atoms with Gasteiger partial charge in [-0.05, 0) is 66.3 Å². The van der Waals surface area contributed by atoms with Crippen molar-refractivity contribution < 1.29 is 22.7 Å². The Bertz CT molecular complexity index is 1310. The lowest BCUT2D eigenvalue weighted by molar-refractivity contribution is 0.0932. The Hall–Kier alpha value is -3.36. The predicted octanol–water partition coefficient (Wildman–Crippen LogP) is 3.70. The second kappa shape index (κ2) is 8.88. The van der Waals surface area contributed by atoms with Crippen molar-refractivity contribution in [3.05, 3.63) is 89.0 Å². The summed E-state index contributed by atoms with van der Waals surface area (Å²) in [5.74, 6) is 0.945. The SMILES string of the molecule is O=C(N[C@H]1CCCc2ccccc21)c1cccc(S(=O)(=O)NCc2ccc3c(c2)OCO3)c1. The summed E-state index contributed by atoms with van der Waals surface area (Å²) in [7, 11) is -3.81. The fourth-order valence-electron chi connectivity index (χ4n) is 4.26. The van der Waals surface area contributed by atoms with Crippen LogP contribution < -0.4 is 19.5 Å². The first-order valence-corrected chi connectivity index (χ1v) is 12.3.